The highest BCUT2D eigenvalue weighted by Gasteiger charge is 2.32. The molecule has 1 fully saturated rings. The van der Waals surface area contributed by atoms with E-state index in [0.717, 1.165) is 13.0 Å². The van der Waals surface area contributed by atoms with E-state index in [1.165, 1.54) is 43.2 Å². The zero-order valence-corrected chi connectivity index (χ0v) is 12.8. The van der Waals surface area contributed by atoms with Crippen LogP contribution in [-0.4, -0.2) is 6.54 Å². The molecule has 0 aromatic heterocycles. The highest BCUT2D eigenvalue weighted by atomic mass is 14.6. The van der Waals surface area contributed by atoms with E-state index < -0.39 is 0 Å². The van der Waals surface area contributed by atoms with Crippen LogP contribution in [0.1, 0.15) is 64.0 Å². The summed E-state index contributed by atoms with van der Waals surface area (Å²) in [4.78, 5) is 0. The van der Waals surface area contributed by atoms with E-state index >= 15 is 0 Å². The van der Waals surface area contributed by atoms with Gasteiger partial charge < -0.3 is 5.73 Å². The lowest BCUT2D eigenvalue weighted by Gasteiger charge is -2.37. The van der Waals surface area contributed by atoms with E-state index in [9.17, 15) is 0 Å². The first-order chi connectivity index (χ1) is 8.95. The average Bonchev–Trinajstić information content (AvgIpc) is 2.38. The summed E-state index contributed by atoms with van der Waals surface area (Å²) in [5.74, 6) is 0. The Morgan fingerprint density at radius 3 is 2.05 bits per heavy atom. The van der Waals surface area contributed by atoms with Crippen LogP contribution >= 0.6 is 0 Å². The largest absolute Gasteiger partial charge is 0.330 e. The summed E-state index contributed by atoms with van der Waals surface area (Å²) in [7, 11) is 0. The smallest absolute Gasteiger partial charge is 0.00755 e. The number of hydrogen-bond acceptors (Lipinski definition) is 1. The van der Waals surface area contributed by atoms with E-state index in [1.807, 2.05) is 0 Å². The molecule has 0 bridgehead atoms. The lowest BCUT2D eigenvalue weighted by molar-refractivity contribution is 0.300. The minimum atomic E-state index is 0.262. The van der Waals surface area contributed by atoms with Gasteiger partial charge in [0.15, 0.2) is 0 Å². The molecule has 2 N–H and O–H groups in total. The molecule has 2 rings (SSSR count). The Kier molecular flexibility index (Phi) is 4.35. The molecule has 0 unspecified atom stereocenters. The summed E-state index contributed by atoms with van der Waals surface area (Å²) in [5, 5.41) is 0. The van der Waals surface area contributed by atoms with Crippen LogP contribution in [0.3, 0.4) is 0 Å². The predicted octanol–water partition coefficient (Wildman–Crippen LogP) is 4.44. The van der Waals surface area contributed by atoms with Crippen LogP contribution in [0.4, 0.5) is 0 Å². The van der Waals surface area contributed by atoms with Gasteiger partial charge in [-0.1, -0.05) is 64.3 Å². The third-order valence-corrected chi connectivity index (χ3v) is 4.50. The molecule has 1 saturated carbocycles. The predicted molar refractivity (Wildman–Crippen MR) is 83.4 cm³/mol. The maximum atomic E-state index is 6.11. The molecule has 1 heteroatoms. The number of hydrogen-bond donors (Lipinski definition) is 1. The van der Waals surface area contributed by atoms with E-state index in [-0.39, 0.29) is 5.41 Å². The van der Waals surface area contributed by atoms with Crippen LogP contribution in [0.25, 0.3) is 0 Å². The molecule has 1 aliphatic rings. The first-order valence-electron chi connectivity index (χ1n) is 7.75. The molecule has 1 aromatic carbocycles. The molecule has 0 saturated heterocycles. The fraction of sp³-hybridized carbons (Fsp3) is 0.667. The molecule has 0 radical (unpaired) electrons. The van der Waals surface area contributed by atoms with Crippen molar-refractivity contribution in [3.05, 3.63) is 35.4 Å². The summed E-state index contributed by atoms with van der Waals surface area (Å²) in [6, 6.07) is 9.29. The summed E-state index contributed by atoms with van der Waals surface area (Å²) < 4.78 is 0. The fourth-order valence-electron chi connectivity index (χ4n) is 3.43. The van der Waals surface area contributed by atoms with Crippen LogP contribution in [0.5, 0.6) is 0 Å². The van der Waals surface area contributed by atoms with Crippen molar-refractivity contribution in [2.75, 3.05) is 6.54 Å². The highest BCUT2D eigenvalue weighted by molar-refractivity contribution is 5.30. The van der Waals surface area contributed by atoms with Gasteiger partial charge >= 0.3 is 0 Å². The van der Waals surface area contributed by atoms with E-state index in [0.29, 0.717) is 5.41 Å². The first-order valence-corrected chi connectivity index (χ1v) is 7.75. The minimum Gasteiger partial charge on any atom is -0.330 e. The summed E-state index contributed by atoms with van der Waals surface area (Å²) in [5.41, 5.74) is 9.64. The van der Waals surface area contributed by atoms with Gasteiger partial charge in [-0.25, -0.2) is 0 Å². The highest BCUT2D eigenvalue weighted by Crippen LogP contribution is 2.38. The zero-order chi connectivity index (χ0) is 13.9. The van der Waals surface area contributed by atoms with Gasteiger partial charge in [-0.05, 0) is 35.8 Å². The van der Waals surface area contributed by atoms with Crippen LogP contribution in [0.2, 0.25) is 0 Å². The Hall–Kier alpha value is -0.820. The number of benzene rings is 1. The molecule has 0 heterocycles. The standard InChI is InChI=1S/C18H29N/c1-17(2,3)13-15-7-9-16(10-8-15)18(14-19)11-5-4-6-12-18/h7-10H,4-6,11-14,19H2,1-3H3. The maximum absolute atomic E-state index is 6.11. The van der Waals surface area contributed by atoms with Gasteiger partial charge in [-0.3, -0.25) is 0 Å². The minimum absolute atomic E-state index is 0.262. The topological polar surface area (TPSA) is 26.0 Å². The van der Waals surface area contributed by atoms with Gasteiger partial charge in [0.1, 0.15) is 0 Å². The summed E-state index contributed by atoms with van der Waals surface area (Å²) in [6.45, 7) is 7.68. The Morgan fingerprint density at radius 1 is 1.00 bits per heavy atom. The van der Waals surface area contributed by atoms with Gasteiger partial charge in [-0.2, -0.15) is 0 Å². The number of nitrogens with two attached hydrogens (primary N) is 1. The zero-order valence-electron chi connectivity index (χ0n) is 12.8. The molecule has 0 aliphatic heterocycles. The van der Waals surface area contributed by atoms with Gasteiger partial charge in [0.25, 0.3) is 0 Å². The summed E-state index contributed by atoms with van der Waals surface area (Å²) in [6.07, 6.45) is 7.72. The molecule has 19 heavy (non-hydrogen) atoms. The molecule has 0 atom stereocenters. The normalized spacial score (nSPS) is 19.4. The second kappa shape index (κ2) is 5.66. The monoisotopic (exact) mass is 259 g/mol. The lowest BCUT2D eigenvalue weighted by atomic mass is 9.69. The van der Waals surface area contributed by atoms with Crippen molar-refractivity contribution in [2.24, 2.45) is 11.1 Å². The van der Waals surface area contributed by atoms with E-state index in [4.69, 9.17) is 5.73 Å². The first kappa shape index (κ1) is 14.6. The second-order valence-corrected chi connectivity index (χ2v) is 7.48. The third-order valence-electron chi connectivity index (χ3n) is 4.50. The molecule has 106 valence electrons. The second-order valence-electron chi connectivity index (χ2n) is 7.48. The van der Waals surface area contributed by atoms with E-state index in [1.54, 1.807) is 0 Å². The lowest BCUT2D eigenvalue weighted by Crippen LogP contribution is -2.37. The van der Waals surface area contributed by atoms with Crippen molar-refractivity contribution >= 4 is 0 Å². The van der Waals surface area contributed by atoms with E-state index in [2.05, 4.69) is 45.0 Å². The van der Waals surface area contributed by atoms with Gasteiger partial charge in [0.05, 0.1) is 0 Å². The molecular formula is C18H29N. The van der Waals surface area contributed by atoms with Crippen LogP contribution < -0.4 is 5.73 Å². The van der Waals surface area contributed by atoms with Crippen LogP contribution in [-0.2, 0) is 11.8 Å². The average molecular weight is 259 g/mol. The molecule has 0 amide bonds. The molecule has 1 aromatic rings. The van der Waals surface area contributed by atoms with Crippen molar-refractivity contribution in [2.45, 2.75) is 64.7 Å². The third kappa shape index (κ3) is 3.60. The molecule has 1 aliphatic carbocycles. The van der Waals surface area contributed by atoms with Crippen molar-refractivity contribution in [1.82, 2.24) is 0 Å². The van der Waals surface area contributed by atoms with Crippen molar-refractivity contribution in [3.63, 3.8) is 0 Å². The summed E-state index contributed by atoms with van der Waals surface area (Å²) >= 11 is 0. The van der Waals surface area contributed by atoms with Crippen molar-refractivity contribution in [1.29, 1.82) is 0 Å². The SMILES string of the molecule is CC(C)(C)Cc1ccc(C2(CN)CCCCC2)cc1. The fourth-order valence-corrected chi connectivity index (χ4v) is 3.43. The van der Waals surface area contributed by atoms with Gasteiger partial charge in [0, 0.05) is 12.0 Å². The van der Waals surface area contributed by atoms with Crippen molar-refractivity contribution < 1.29 is 0 Å². The van der Waals surface area contributed by atoms with Crippen LogP contribution in [0, 0.1) is 5.41 Å². The van der Waals surface area contributed by atoms with Crippen molar-refractivity contribution in [3.8, 4) is 0 Å². The van der Waals surface area contributed by atoms with Gasteiger partial charge in [-0.15, -0.1) is 0 Å². The Bertz CT molecular complexity index is 391. The quantitative estimate of drug-likeness (QED) is 0.853. The maximum Gasteiger partial charge on any atom is 0.00755 e. The Morgan fingerprint density at radius 2 is 1.58 bits per heavy atom. The Balaban J connectivity index is 2.16. The molecular weight excluding hydrogens is 230 g/mol. The van der Waals surface area contributed by atoms with Crippen LogP contribution in [0.15, 0.2) is 24.3 Å². The van der Waals surface area contributed by atoms with Gasteiger partial charge in [0.2, 0.25) is 0 Å². The Labute approximate surface area is 118 Å². The molecule has 0 spiro atoms. The molecule has 1 nitrogen and oxygen atoms in total. The number of rotatable bonds is 3.